The second-order valence-corrected chi connectivity index (χ2v) is 6.12. The van der Waals surface area contributed by atoms with Gasteiger partial charge in [-0.2, -0.15) is 4.58 Å². The Labute approximate surface area is 132 Å². The van der Waals surface area contributed by atoms with Crippen LogP contribution in [0.1, 0.15) is 11.8 Å². The summed E-state index contributed by atoms with van der Waals surface area (Å²) in [6, 6.07) is 3.90. The van der Waals surface area contributed by atoms with E-state index in [-0.39, 0.29) is 24.3 Å². The molecule has 22 heavy (non-hydrogen) atoms. The molecular weight excluding hydrogens is 298 g/mol. The Morgan fingerprint density at radius 1 is 1.45 bits per heavy atom. The summed E-state index contributed by atoms with van der Waals surface area (Å²) in [5.41, 5.74) is 0.736. The predicted molar refractivity (Wildman–Crippen MR) is 86.2 cm³/mol. The van der Waals surface area contributed by atoms with E-state index in [4.69, 9.17) is 0 Å². The number of aliphatic imine (C=N–C) groups is 1. The lowest BCUT2D eigenvalue weighted by atomic mass is 9.96. The maximum atomic E-state index is 12.5. The van der Waals surface area contributed by atoms with Crippen molar-refractivity contribution in [1.29, 1.82) is 0 Å². The van der Waals surface area contributed by atoms with Crippen LogP contribution in [0.4, 0.5) is 0 Å². The van der Waals surface area contributed by atoms with Crippen LogP contribution in [0.3, 0.4) is 0 Å². The van der Waals surface area contributed by atoms with E-state index in [0.717, 1.165) is 10.6 Å². The number of nitrogens with zero attached hydrogens (tertiary/aromatic N) is 2. The van der Waals surface area contributed by atoms with E-state index in [0.29, 0.717) is 12.4 Å². The Kier molecular flexibility index (Phi) is 4.11. The van der Waals surface area contributed by atoms with Gasteiger partial charge in [-0.25, -0.2) is 4.79 Å². The number of nitrogens with one attached hydrogen (secondary N) is 1. The Morgan fingerprint density at radius 3 is 3.09 bits per heavy atom. The fourth-order valence-electron chi connectivity index (χ4n) is 2.41. The van der Waals surface area contributed by atoms with Gasteiger partial charge >= 0.3 is 5.91 Å². The monoisotopic (exact) mass is 314 g/mol. The van der Waals surface area contributed by atoms with Crippen LogP contribution >= 0.6 is 11.3 Å². The molecule has 0 radical (unpaired) electrons. The molecule has 5 nitrogen and oxygen atoms in total. The molecule has 1 aromatic heterocycles. The van der Waals surface area contributed by atoms with Crippen LogP contribution in [0.15, 0.2) is 46.8 Å². The third kappa shape index (κ3) is 2.96. The lowest BCUT2D eigenvalue weighted by Gasteiger charge is -2.16. The van der Waals surface area contributed by atoms with Gasteiger partial charge in [-0.15, -0.1) is 11.3 Å². The van der Waals surface area contributed by atoms with Gasteiger partial charge < -0.3 is 5.32 Å². The summed E-state index contributed by atoms with van der Waals surface area (Å²) in [7, 11) is 0. The maximum Gasteiger partial charge on any atom is 0.325 e. The molecule has 112 valence electrons. The van der Waals surface area contributed by atoms with Gasteiger partial charge in [0.2, 0.25) is 0 Å². The van der Waals surface area contributed by atoms with Crippen LogP contribution < -0.4 is 5.32 Å². The van der Waals surface area contributed by atoms with Crippen molar-refractivity contribution in [3.05, 3.63) is 46.7 Å². The number of hydrogen-bond acceptors (Lipinski definition) is 4. The van der Waals surface area contributed by atoms with Crippen LogP contribution in [0.5, 0.6) is 0 Å². The molecule has 1 aliphatic heterocycles. The standard InChI is InChI=1S/C16H15N3O2S/c1-11-18-14-7-3-2-6-13(14)16(21)19(11)10-15(20)17-9-12-5-4-8-22-12/h2-8,13H,9-10H2,1H3/p+1. The van der Waals surface area contributed by atoms with Gasteiger partial charge in [0.1, 0.15) is 5.92 Å². The summed E-state index contributed by atoms with van der Waals surface area (Å²) in [5, 5.41) is 4.79. The van der Waals surface area contributed by atoms with Gasteiger partial charge in [0, 0.05) is 11.8 Å². The van der Waals surface area contributed by atoms with Gasteiger partial charge in [0.05, 0.1) is 6.54 Å². The first-order valence-electron chi connectivity index (χ1n) is 7.02. The molecule has 2 amide bonds. The van der Waals surface area contributed by atoms with Gasteiger partial charge in [-0.3, -0.25) is 4.79 Å². The summed E-state index contributed by atoms with van der Waals surface area (Å²) in [4.78, 5) is 30.1. The SMILES string of the molecule is CC1=[N+](CC(=O)NCc2cccs2)C(=O)C2C=CC=CC2=N1. The number of carbonyl (C=O) groups is 2. The van der Waals surface area contributed by atoms with Gasteiger partial charge in [0.15, 0.2) is 12.3 Å². The van der Waals surface area contributed by atoms with E-state index in [9.17, 15) is 9.59 Å². The average molecular weight is 314 g/mol. The molecule has 0 aromatic carbocycles. The quantitative estimate of drug-likeness (QED) is 0.857. The van der Waals surface area contributed by atoms with Crippen molar-refractivity contribution in [2.45, 2.75) is 13.5 Å². The molecule has 0 saturated heterocycles. The first-order chi connectivity index (χ1) is 10.6. The molecule has 6 heteroatoms. The minimum absolute atomic E-state index is 0.000869. The normalized spacial score (nSPS) is 20.0. The van der Waals surface area contributed by atoms with Crippen molar-refractivity contribution in [3.63, 3.8) is 0 Å². The van der Waals surface area contributed by atoms with Crippen LogP contribution in [0.25, 0.3) is 0 Å². The molecule has 2 heterocycles. The summed E-state index contributed by atoms with van der Waals surface area (Å²) >= 11 is 1.59. The lowest BCUT2D eigenvalue weighted by molar-refractivity contribution is -0.442. The zero-order chi connectivity index (χ0) is 15.5. The first kappa shape index (κ1) is 14.6. The van der Waals surface area contributed by atoms with Crippen molar-refractivity contribution in [2.75, 3.05) is 6.54 Å². The van der Waals surface area contributed by atoms with Crippen molar-refractivity contribution >= 4 is 34.7 Å². The number of amides is 2. The molecule has 3 rings (SSSR count). The van der Waals surface area contributed by atoms with Gasteiger partial charge in [0.25, 0.3) is 11.7 Å². The largest absolute Gasteiger partial charge is 0.348 e. The highest BCUT2D eigenvalue weighted by molar-refractivity contribution is 7.09. The highest BCUT2D eigenvalue weighted by Crippen LogP contribution is 2.16. The first-order valence-corrected chi connectivity index (χ1v) is 7.90. The third-order valence-electron chi connectivity index (χ3n) is 3.56. The molecule has 1 N–H and O–H groups in total. The third-order valence-corrected chi connectivity index (χ3v) is 4.43. The number of thiophene rings is 1. The number of allylic oxidation sites excluding steroid dienone is 3. The van der Waals surface area contributed by atoms with E-state index >= 15 is 0 Å². The molecule has 2 aliphatic rings. The summed E-state index contributed by atoms with van der Waals surface area (Å²) in [5.74, 6) is -0.106. The maximum absolute atomic E-state index is 12.5. The molecule has 0 bridgehead atoms. The van der Waals surface area contributed by atoms with E-state index in [1.807, 2.05) is 41.8 Å². The van der Waals surface area contributed by atoms with Gasteiger partial charge in [-0.05, 0) is 22.5 Å². The zero-order valence-corrected chi connectivity index (χ0v) is 13.0. The number of fused-ring (bicyclic) bond motifs is 1. The highest BCUT2D eigenvalue weighted by atomic mass is 32.1. The summed E-state index contributed by atoms with van der Waals surface area (Å²) in [6.45, 7) is 2.23. The van der Waals surface area contributed by atoms with E-state index < -0.39 is 0 Å². The summed E-state index contributed by atoms with van der Waals surface area (Å²) < 4.78 is 1.45. The Morgan fingerprint density at radius 2 is 2.32 bits per heavy atom. The second kappa shape index (κ2) is 6.19. The molecule has 0 spiro atoms. The molecule has 1 aliphatic carbocycles. The van der Waals surface area contributed by atoms with Crippen molar-refractivity contribution in [3.8, 4) is 0 Å². The fraction of sp³-hybridized carbons (Fsp3) is 0.250. The molecule has 1 atom stereocenters. The van der Waals surface area contributed by atoms with Crippen LogP contribution in [0, 0.1) is 5.92 Å². The number of amidine groups is 1. The zero-order valence-electron chi connectivity index (χ0n) is 12.2. The Bertz CT molecular complexity index is 727. The van der Waals surface area contributed by atoms with Crippen LogP contribution in [-0.2, 0) is 16.1 Å². The van der Waals surface area contributed by atoms with Gasteiger partial charge in [-0.1, -0.05) is 24.3 Å². The molecule has 0 saturated carbocycles. The molecule has 1 unspecified atom stereocenters. The van der Waals surface area contributed by atoms with Crippen molar-refractivity contribution in [2.24, 2.45) is 10.9 Å². The number of carbonyl (C=O) groups excluding carboxylic acids is 2. The van der Waals surface area contributed by atoms with Crippen molar-refractivity contribution in [1.82, 2.24) is 5.32 Å². The van der Waals surface area contributed by atoms with Crippen molar-refractivity contribution < 1.29 is 14.2 Å². The van der Waals surface area contributed by atoms with E-state index in [1.165, 1.54) is 4.58 Å². The minimum Gasteiger partial charge on any atom is -0.348 e. The predicted octanol–water partition coefficient (Wildman–Crippen LogP) is 1.52. The second-order valence-electron chi connectivity index (χ2n) is 5.09. The van der Waals surface area contributed by atoms with E-state index in [2.05, 4.69) is 10.3 Å². The lowest BCUT2D eigenvalue weighted by Crippen LogP contribution is -2.44. The van der Waals surface area contributed by atoms with Crippen LogP contribution in [-0.4, -0.2) is 34.5 Å². The Hall–Kier alpha value is -2.34. The average Bonchev–Trinajstić information content (AvgIpc) is 3.03. The molecule has 1 aromatic rings. The topological polar surface area (TPSA) is 61.5 Å². The Balaban J connectivity index is 1.69. The molecule has 0 fully saturated rings. The highest BCUT2D eigenvalue weighted by Gasteiger charge is 2.37. The fourth-order valence-corrected chi connectivity index (χ4v) is 3.06. The van der Waals surface area contributed by atoms with E-state index in [1.54, 1.807) is 18.3 Å². The number of hydrogen-bond donors (Lipinski definition) is 1. The summed E-state index contributed by atoms with van der Waals surface area (Å²) in [6.07, 6.45) is 7.33. The van der Waals surface area contributed by atoms with Crippen LogP contribution in [0.2, 0.25) is 0 Å². The smallest absolute Gasteiger partial charge is 0.325 e. The minimum atomic E-state index is -0.376. The number of rotatable bonds is 4. The molecular formula is C16H16N3O2S+.